The van der Waals surface area contributed by atoms with Crippen molar-refractivity contribution in [3.05, 3.63) is 65.2 Å². The minimum Gasteiger partial charge on any atom is -0.508 e. The average Bonchev–Trinajstić information content (AvgIpc) is 3.61. The van der Waals surface area contributed by atoms with Crippen molar-refractivity contribution in [2.75, 3.05) is 20.1 Å². The molecular weight excluding hydrogens is 424 g/mol. The molecule has 1 amide bonds. The first-order valence-electron chi connectivity index (χ1n) is 13.1. The van der Waals surface area contributed by atoms with Crippen molar-refractivity contribution in [2.24, 2.45) is 5.92 Å². The van der Waals surface area contributed by atoms with Gasteiger partial charge >= 0.3 is 0 Å². The summed E-state index contributed by atoms with van der Waals surface area (Å²) in [6.07, 6.45) is 7.80. The molecule has 1 N–H and O–H groups in total. The number of fused-ring (bicyclic) bond motifs is 2. The van der Waals surface area contributed by atoms with E-state index >= 15 is 0 Å². The maximum atomic E-state index is 13.5. The fourth-order valence-corrected chi connectivity index (χ4v) is 8.03. The quantitative estimate of drug-likeness (QED) is 0.749. The molecule has 0 aromatic heterocycles. The molecule has 178 valence electrons. The zero-order chi connectivity index (χ0) is 23.1. The van der Waals surface area contributed by atoms with Crippen molar-refractivity contribution in [3.63, 3.8) is 0 Å². The Morgan fingerprint density at radius 2 is 1.97 bits per heavy atom. The van der Waals surface area contributed by atoms with E-state index in [9.17, 15) is 9.90 Å². The van der Waals surface area contributed by atoms with Crippen LogP contribution in [-0.2, 0) is 16.6 Å². The van der Waals surface area contributed by atoms with Gasteiger partial charge in [0.2, 0.25) is 0 Å². The highest BCUT2D eigenvalue weighted by Gasteiger charge is 2.70. The van der Waals surface area contributed by atoms with Crippen LogP contribution in [0.4, 0.5) is 0 Å². The van der Waals surface area contributed by atoms with Gasteiger partial charge in [-0.1, -0.05) is 24.3 Å². The van der Waals surface area contributed by atoms with Crippen LogP contribution in [0.15, 0.2) is 48.5 Å². The van der Waals surface area contributed by atoms with Crippen molar-refractivity contribution in [1.82, 2.24) is 9.80 Å². The Labute approximate surface area is 201 Å². The minimum atomic E-state index is -0.210. The summed E-state index contributed by atoms with van der Waals surface area (Å²) >= 11 is 0. The molecule has 0 unspecified atom stereocenters. The number of amides is 1. The second kappa shape index (κ2) is 7.32. The number of likely N-dealkylation sites (N-methyl/N-ethyl adjacent to an activating group) is 1. The highest BCUT2D eigenvalue weighted by Crippen LogP contribution is 2.64. The maximum absolute atomic E-state index is 13.5. The molecule has 4 bridgehead atoms. The van der Waals surface area contributed by atoms with E-state index in [-0.39, 0.29) is 29.1 Å². The van der Waals surface area contributed by atoms with Gasteiger partial charge < -0.3 is 14.7 Å². The third-order valence-corrected chi connectivity index (χ3v) is 9.81. The van der Waals surface area contributed by atoms with Gasteiger partial charge in [-0.3, -0.25) is 9.69 Å². The van der Waals surface area contributed by atoms with E-state index in [0.29, 0.717) is 11.8 Å². The van der Waals surface area contributed by atoms with Gasteiger partial charge in [0.25, 0.3) is 5.91 Å². The van der Waals surface area contributed by atoms with Crippen molar-refractivity contribution in [3.8, 4) is 5.75 Å². The van der Waals surface area contributed by atoms with Gasteiger partial charge in [-0.05, 0) is 92.8 Å². The second-order valence-corrected chi connectivity index (χ2v) is 11.5. The molecule has 1 spiro atoms. The van der Waals surface area contributed by atoms with Gasteiger partial charge in [0.1, 0.15) is 5.75 Å². The fourth-order valence-electron chi connectivity index (χ4n) is 8.03. The van der Waals surface area contributed by atoms with E-state index in [1.165, 1.54) is 30.5 Å². The van der Waals surface area contributed by atoms with Crippen LogP contribution in [0.2, 0.25) is 0 Å². The molecule has 4 fully saturated rings. The number of piperidine rings is 1. The lowest BCUT2D eigenvalue weighted by Crippen LogP contribution is -2.74. The maximum Gasteiger partial charge on any atom is 0.253 e. The number of rotatable bonds is 4. The van der Waals surface area contributed by atoms with Crippen LogP contribution >= 0.6 is 0 Å². The van der Waals surface area contributed by atoms with Crippen LogP contribution in [0.3, 0.4) is 0 Å². The first kappa shape index (κ1) is 21.0. The van der Waals surface area contributed by atoms with E-state index < -0.39 is 0 Å². The topological polar surface area (TPSA) is 53.0 Å². The number of hydrogen-bond acceptors (Lipinski definition) is 4. The van der Waals surface area contributed by atoms with E-state index in [1.54, 1.807) is 0 Å². The number of carbonyl (C=O) groups is 1. The van der Waals surface area contributed by atoms with E-state index in [2.05, 4.69) is 11.0 Å². The van der Waals surface area contributed by atoms with E-state index in [1.807, 2.05) is 54.4 Å². The third kappa shape index (κ3) is 2.83. The van der Waals surface area contributed by atoms with Crippen LogP contribution in [0.25, 0.3) is 0 Å². The SMILES string of the molecule is CN(C(=O)c1ccccc1)[C@@H]1C[C@]23CCN(CC4CC4)[C@H](Cc4ccc(O)cc42)[C@]32CC[C@@H]1O2. The van der Waals surface area contributed by atoms with Gasteiger partial charge in [0.05, 0.1) is 17.7 Å². The van der Waals surface area contributed by atoms with Gasteiger partial charge in [-0.25, -0.2) is 0 Å². The Morgan fingerprint density at radius 3 is 2.76 bits per heavy atom. The molecule has 3 aliphatic heterocycles. The molecule has 5 aliphatic rings. The fraction of sp³-hybridized carbons (Fsp3) is 0.552. The molecule has 1 saturated carbocycles. The van der Waals surface area contributed by atoms with E-state index in [4.69, 9.17) is 4.74 Å². The standard InChI is InChI=1S/C29H34N2O3/c1-30(27(33)20-5-3-2-4-6-20)24-17-28-13-14-31(18-19-7-8-19)26(29(28)12-11-25(24)34-29)15-21-9-10-22(32)16-23(21)28/h2-6,9-10,16,19,24-26,32H,7-8,11-15,17-18H2,1H3/t24-,25+,26-,28-,29-/m1/s1. The molecule has 5 atom stereocenters. The Morgan fingerprint density at radius 1 is 1.15 bits per heavy atom. The molecule has 0 radical (unpaired) electrons. The number of carbonyl (C=O) groups excluding carboxylic acids is 1. The minimum absolute atomic E-state index is 0.0345. The van der Waals surface area contributed by atoms with Crippen molar-refractivity contribution < 1.29 is 14.6 Å². The molecule has 2 aromatic carbocycles. The number of nitrogens with zero attached hydrogens (tertiary/aromatic N) is 2. The highest BCUT2D eigenvalue weighted by molar-refractivity contribution is 5.94. The number of hydrogen-bond donors (Lipinski definition) is 1. The monoisotopic (exact) mass is 458 g/mol. The Balaban J connectivity index is 1.31. The second-order valence-electron chi connectivity index (χ2n) is 11.5. The predicted molar refractivity (Wildman–Crippen MR) is 130 cm³/mol. The molecule has 5 nitrogen and oxygen atoms in total. The number of phenols is 1. The largest absolute Gasteiger partial charge is 0.508 e. The molecule has 7 rings (SSSR count). The molecular formula is C29H34N2O3. The number of aromatic hydroxyl groups is 1. The summed E-state index contributed by atoms with van der Waals surface area (Å²) in [7, 11) is 1.96. The first-order chi connectivity index (χ1) is 16.5. The van der Waals surface area contributed by atoms with Crippen molar-refractivity contribution in [1.29, 1.82) is 0 Å². The summed E-state index contributed by atoms with van der Waals surface area (Å²) in [6, 6.07) is 16.0. The van der Waals surface area contributed by atoms with Gasteiger partial charge in [-0.2, -0.15) is 0 Å². The zero-order valence-corrected chi connectivity index (χ0v) is 20.0. The lowest BCUT2D eigenvalue weighted by Gasteiger charge is -2.65. The molecule has 3 saturated heterocycles. The summed E-state index contributed by atoms with van der Waals surface area (Å²) in [5.41, 5.74) is 3.00. The van der Waals surface area contributed by atoms with Crippen molar-refractivity contribution >= 4 is 5.91 Å². The van der Waals surface area contributed by atoms with Crippen LogP contribution in [0, 0.1) is 5.92 Å². The number of ether oxygens (including phenoxy) is 1. The third-order valence-electron chi connectivity index (χ3n) is 9.81. The lowest BCUT2D eigenvalue weighted by atomic mass is 9.51. The Hall–Kier alpha value is -2.37. The van der Waals surface area contributed by atoms with E-state index in [0.717, 1.165) is 50.1 Å². The van der Waals surface area contributed by atoms with Gasteiger partial charge in [0.15, 0.2) is 0 Å². The molecule has 2 aromatic rings. The van der Waals surface area contributed by atoms with Crippen LogP contribution in [0.5, 0.6) is 5.75 Å². The van der Waals surface area contributed by atoms with Gasteiger partial charge in [0, 0.05) is 30.6 Å². The molecule has 34 heavy (non-hydrogen) atoms. The zero-order valence-electron chi connectivity index (χ0n) is 20.0. The van der Waals surface area contributed by atoms with Crippen LogP contribution in [0.1, 0.15) is 60.0 Å². The smallest absolute Gasteiger partial charge is 0.253 e. The van der Waals surface area contributed by atoms with Crippen molar-refractivity contribution in [2.45, 2.75) is 74.1 Å². The summed E-state index contributed by atoms with van der Waals surface area (Å²) in [4.78, 5) is 18.1. The highest BCUT2D eigenvalue weighted by atomic mass is 16.5. The van der Waals surface area contributed by atoms with Gasteiger partial charge in [-0.15, -0.1) is 0 Å². The summed E-state index contributed by atoms with van der Waals surface area (Å²) < 4.78 is 7.18. The molecule has 3 heterocycles. The summed E-state index contributed by atoms with van der Waals surface area (Å²) in [6.45, 7) is 2.27. The average molecular weight is 459 g/mol. The lowest BCUT2D eigenvalue weighted by molar-refractivity contribution is -0.216. The number of phenolic OH excluding ortho intramolecular Hbond substituents is 1. The molecule has 2 aliphatic carbocycles. The Bertz CT molecular complexity index is 1130. The van der Waals surface area contributed by atoms with Crippen LogP contribution < -0.4 is 0 Å². The molecule has 5 heteroatoms. The summed E-state index contributed by atoms with van der Waals surface area (Å²) in [5.74, 6) is 1.26. The predicted octanol–water partition coefficient (Wildman–Crippen LogP) is 4.13. The normalized spacial score (nSPS) is 36.0. The summed E-state index contributed by atoms with van der Waals surface area (Å²) in [5, 5.41) is 10.5. The van der Waals surface area contributed by atoms with Crippen LogP contribution in [-0.4, -0.2) is 64.7 Å². The Kier molecular flexibility index (Phi) is 4.51. The number of benzene rings is 2. The number of likely N-dealkylation sites (tertiary alicyclic amines) is 1. The first-order valence-corrected chi connectivity index (χ1v) is 13.1.